The highest BCUT2D eigenvalue weighted by molar-refractivity contribution is 7.91. The van der Waals surface area contributed by atoms with Gasteiger partial charge in [-0.15, -0.1) is 0 Å². The van der Waals surface area contributed by atoms with E-state index in [0.717, 1.165) is 12.8 Å². The lowest BCUT2D eigenvalue weighted by Gasteiger charge is -2.44. The average Bonchev–Trinajstić information content (AvgIpc) is 1.46. The fourth-order valence-corrected chi connectivity index (χ4v) is 3.68. The molecule has 72 valence electrons. The maximum absolute atomic E-state index is 11.3. The molecule has 0 N–H and O–H groups in total. The van der Waals surface area contributed by atoms with Crippen molar-refractivity contribution in [2.24, 2.45) is 11.3 Å². The topological polar surface area (TPSA) is 34.1 Å². The molecule has 0 spiro atoms. The lowest BCUT2D eigenvalue weighted by Crippen LogP contribution is -2.45. The fraction of sp³-hybridized carbons (Fsp3) is 1.00. The quantitative estimate of drug-likeness (QED) is 0.632. The SMILES string of the molecule is CC(C)(C)C1CCC1S(C)(=O)=O. The van der Waals surface area contributed by atoms with Crippen LogP contribution in [0.2, 0.25) is 0 Å². The van der Waals surface area contributed by atoms with Gasteiger partial charge in [-0.25, -0.2) is 8.42 Å². The largest absolute Gasteiger partial charge is 0.229 e. The van der Waals surface area contributed by atoms with Crippen molar-refractivity contribution in [1.82, 2.24) is 0 Å². The van der Waals surface area contributed by atoms with E-state index >= 15 is 0 Å². The number of rotatable bonds is 1. The second-order valence-corrected chi connectivity index (χ2v) is 7.18. The van der Waals surface area contributed by atoms with Crippen molar-refractivity contribution >= 4 is 9.84 Å². The minimum Gasteiger partial charge on any atom is -0.229 e. The van der Waals surface area contributed by atoms with E-state index < -0.39 is 9.84 Å². The van der Waals surface area contributed by atoms with Crippen molar-refractivity contribution in [2.45, 2.75) is 38.9 Å². The van der Waals surface area contributed by atoms with Crippen LogP contribution in [0.15, 0.2) is 0 Å². The third-order valence-corrected chi connectivity index (χ3v) is 4.54. The Bertz CT molecular complexity index is 259. The Morgan fingerprint density at radius 1 is 1.17 bits per heavy atom. The number of sulfone groups is 1. The first-order chi connectivity index (χ1) is 5.23. The Morgan fingerprint density at radius 3 is 1.75 bits per heavy atom. The second-order valence-electron chi connectivity index (χ2n) is 4.92. The summed E-state index contributed by atoms with van der Waals surface area (Å²) in [6, 6.07) is 0. The lowest BCUT2D eigenvalue weighted by molar-refractivity contribution is 0.145. The van der Waals surface area contributed by atoms with Gasteiger partial charge in [0.25, 0.3) is 0 Å². The van der Waals surface area contributed by atoms with Crippen LogP contribution in [0.4, 0.5) is 0 Å². The molecule has 2 unspecified atom stereocenters. The van der Waals surface area contributed by atoms with Crippen molar-refractivity contribution in [3.63, 3.8) is 0 Å². The predicted octanol–water partition coefficient (Wildman–Crippen LogP) is 1.86. The van der Waals surface area contributed by atoms with Crippen molar-refractivity contribution in [3.8, 4) is 0 Å². The lowest BCUT2D eigenvalue weighted by atomic mass is 9.68. The summed E-state index contributed by atoms with van der Waals surface area (Å²) in [5.41, 5.74) is 0.145. The zero-order chi connectivity index (χ0) is 9.57. The molecule has 0 amide bonds. The molecule has 0 aromatic rings. The Balaban J connectivity index is 2.75. The van der Waals surface area contributed by atoms with Gasteiger partial charge >= 0.3 is 0 Å². The van der Waals surface area contributed by atoms with Crippen molar-refractivity contribution in [3.05, 3.63) is 0 Å². The maximum atomic E-state index is 11.3. The molecule has 0 aromatic carbocycles. The monoisotopic (exact) mass is 190 g/mol. The van der Waals surface area contributed by atoms with Crippen LogP contribution in [0.25, 0.3) is 0 Å². The van der Waals surface area contributed by atoms with Crippen molar-refractivity contribution < 1.29 is 8.42 Å². The molecule has 2 atom stereocenters. The van der Waals surface area contributed by atoms with Gasteiger partial charge in [0.05, 0.1) is 5.25 Å². The fourth-order valence-electron chi connectivity index (χ4n) is 1.97. The Morgan fingerprint density at radius 2 is 1.67 bits per heavy atom. The van der Waals surface area contributed by atoms with Gasteiger partial charge in [0.1, 0.15) is 0 Å². The smallest absolute Gasteiger partial charge is 0.150 e. The molecule has 0 aliphatic heterocycles. The normalized spacial score (nSPS) is 31.3. The molecule has 2 nitrogen and oxygen atoms in total. The van der Waals surface area contributed by atoms with Gasteiger partial charge in [-0.3, -0.25) is 0 Å². The van der Waals surface area contributed by atoms with Crippen LogP contribution in [-0.2, 0) is 9.84 Å². The van der Waals surface area contributed by atoms with Crippen LogP contribution >= 0.6 is 0 Å². The van der Waals surface area contributed by atoms with Gasteiger partial charge in [0.15, 0.2) is 9.84 Å². The molecule has 1 rings (SSSR count). The molecule has 0 saturated heterocycles. The van der Waals surface area contributed by atoms with Crippen molar-refractivity contribution in [2.75, 3.05) is 6.26 Å². The average molecular weight is 190 g/mol. The number of hydrogen-bond donors (Lipinski definition) is 0. The molecule has 0 aromatic heterocycles. The van der Waals surface area contributed by atoms with Crippen LogP contribution in [0.3, 0.4) is 0 Å². The molecule has 0 heterocycles. The molecular formula is C9H18O2S. The third-order valence-electron chi connectivity index (χ3n) is 2.87. The van der Waals surface area contributed by atoms with Gasteiger partial charge in [0.2, 0.25) is 0 Å². The maximum Gasteiger partial charge on any atom is 0.150 e. The summed E-state index contributed by atoms with van der Waals surface area (Å²) in [6.45, 7) is 6.36. The van der Waals surface area contributed by atoms with Gasteiger partial charge < -0.3 is 0 Å². The van der Waals surface area contributed by atoms with E-state index in [9.17, 15) is 8.42 Å². The summed E-state index contributed by atoms with van der Waals surface area (Å²) in [4.78, 5) is 0. The van der Waals surface area contributed by atoms with Gasteiger partial charge in [-0.1, -0.05) is 20.8 Å². The first-order valence-corrected chi connectivity index (χ1v) is 6.37. The van der Waals surface area contributed by atoms with E-state index in [1.807, 2.05) is 0 Å². The van der Waals surface area contributed by atoms with Crippen LogP contribution in [-0.4, -0.2) is 19.9 Å². The second kappa shape index (κ2) is 2.72. The molecule has 0 bridgehead atoms. The van der Waals surface area contributed by atoms with Crippen LogP contribution in [0, 0.1) is 11.3 Å². The minimum atomic E-state index is -2.80. The first kappa shape index (κ1) is 10.0. The zero-order valence-corrected chi connectivity index (χ0v) is 9.11. The Labute approximate surface area is 75.3 Å². The van der Waals surface area contributed by atoms with E-state index in [1.165, 1.54) is 6.26 Å². The molecule has 0 radical (unpaired) electrons. The molecule has 1 aliphatic carbocycles. The standard InChI is InChI=1S/C9H18O2S/c1-9(2,3)7-5-6-8(7)12(4,10)11/h7-8H,5-6H2,1-4H3. The summed E-state index contributed by atoms with van der Waals surface area (Å²) >= 11 is 0. The van der Waals surface area contributed by atoms with Gasteiger partial charge in [-0.2, -0.15) is 0 Å². The van der Waals surface area contributed by atoms with E-state index in [0.29, 0.717) is 5.92 Å². The Hall–Kier alpha value is -0.0500. The third kappa shape index (κ3) is 1.82. The van der Waals surface area contributed by atoms with Crippen LogP contribution in [0.1, 0.15) is 33.6 Å². The molecular weight excluding hydrogens is 172 g/mol. The molecule has 12 heavy (non-hydrogen) atoms. The van der Waals surface area contributed by atoms with Gasteiger partial charge in [0, 0.05) is 6.26 Å². The molecule has 1 fully saturated rings. The summed E-state index contributed by atoms with van der Waals surface area (Å²) in [7, 11) is -2.80. The highest BCUT2D eigenvalue weighted by Crippen LogP contribution is 2.44. The molecule has 1 saturated carbocycles. The molecule has 1 aliphatic rings. The summed E-state index contributed by atoms with van der Waals surface area (Å²) in [5, 5.41) is -0.0718. The van der Waals surface area contributed by atoms with E-state index in [-0.39, 0.29) is 10.7 Å². The van der Waals surface area contributed by atoms with Crippen molar-refractivity contribution in [1.29, 1.82) is 0 Å². The van der Waals surface area contributed by atoms with E-state index in [1.54, 1.807) is 0 Å². The zero-order valence-electron chi connectivity index (χ0n) is 8.29. The minimum absolute atomic E-state index is 0.0718. The van der Waals surface area contributed by atoms with E-state index in [2.05, 4.69) is 20.8 Å². The van der Waals surface area contributed by atoms with Gasteiger partial charge in [-0.05, 0) is 24.2 Å². The van der Waals surface area contributed by atoms with Crippen LogP contribution < -0.4 is 0 Å². The van der Waals surface area contributed by atoms with Crippen LogP contribution in [0.5, 0.6) is 0 Å². The summed E-state index contributed by atoms with van der Waals surface area (Å²) in [6.07, 6.45) is 3.29. The summed E-state index contributed by atoms with van der Waals surface area (Å²) in [5.74, 6) is 0.368. The highest BCUT2D eigenvalue weighted by Gasteiger charge is 2.44. The predicted molar refractivity (Wildman–Crippen MR) is 50.8 cm³/mol. The summed E-state index contributed by atoms with van der Waals surface area (Å²) < 4.78 is 22.5. The van der Waals surface area contributed by atoms with E-state index in [4.69, 9.17) is 0 Å². The first-order valence-electron chi connectivity index (χ1n) is 4.42. The Kier molecular flexibility index (Phi) is 2.28. The number of hydrogen-bond acceptors (Lipinski definition) is 2. The molecule has 3 heteroatoms. The highest BCUT2D eigenvalue weighted by atomic mass is 32.2.